The first kappa shape index (κ1) is 15.0. The number of carbonyl (C=O) groups excluding carboxylic acids is 2. The van der Waals surface area contributed by atoms with Crippen LogP contribution in [-0.4, -0.2) is 35.3 Å². The Labute approximate surface area is 110 Å². The van der Waals surface area contributed by atoms with E-state index in [1.54, 1.807) is 4.90 Å². The lowest BCUT2D eigenvalue weighted by Gasteiger charge is -2.41. The summed E-state index contributed by atoms with van der Waals surface area (Å²) in [4.78, 5) is 25.9. The Morgan fingerprint density at radius 1 is 1.28 bits per heavy atom. The van der Waals surface area contributed by atoms with Crippen molar-refractivity contribution in [2.75, 3.05) is 6.54 Å². The highest BCUT2D eigenvalue weighted by Gasteiger charge is 2.41. The van der Waals surface area contributed by atoms with Crippen LogP contribution in [0.2, 0.25) is 0 Å². The number of carbonyl (C=O) groups is 2. The van der Waals surface area contributed by atoms with E-state index in [0.717, 1.165) is 6.42 Å². The van der Waals surface area contributed by atoms with Crippen molar-refractivity contribution in [2.45, 2.75) is 60.0 Å². The van der Waals surface area contributed by atoms with E-state index in [2.05, 4.69) is 19.2 Å². The largest absolute Gasteiger partial charge is 0.342 e. The van der Waals surface area contributed by atoms with Crippen LogP contribution in [0.1, 0.15) is 48.0 Å². The van der Waals surface area contributed by atoms with Crippen molar-refractivity contribution in [2.24, 2.45) is 11.3 Å². The minimum atomic E-state index is -0.409. The highest BCUT2D eigenvalue weighted by atomic mass is 16.2. The minimum Gasteiger partial charge on any atom is -0.342 e. The van der Waals surface area contributed by atoms with E-state index >= 15 is 0 Å². The molecule has 2 atom stereocenters. The number of nitrogens with one attached hydrogen (secondary N) is 1. The Hall–Kier alpha value is -1.06. The molecule has 0 radical (unpaired) electrons. The first-order valence-electron chi connectivity index (χ1n) is 6.72. The standard InChI is InChI=1S/C14H26N2O2/c1-9(2)7-10(3)16-8-11(17)15-12(13(16)18)14(4,5)6/h9-10,12H,7-8H2,1-6H3,(H,15,17). The van der Waals surface area contributed by atoms with Crippen LogP contribution in [0.3, 0.4) is 0 Å². The normalized spacial score (nSPS) is 23.3. The molecule has 1 aliphatic rings. The van der Waals surface area contributed by atoms with Gasteiger partial charge in [-0.3, -0.25) is 9.59 Å². The van der Waals surface area contributed by atoms with Gasteiger partial charge in [-0.25, -0.2) is 0 Å². The molecule has 104 valence electrons. The second-order valence-corrected chi connectivity index (χ2v) is 6.81. The predicted octanol–water partition coefficient (Wildman–Crippen LogP) is 1.79. The van der Waals surface area contributed by atoms with Crippen LogP contribution in [0.25, 0.3) is 0 Å². The van der Waals surface area contributed by atoms with Crippen LogP contribution in [-0.2, 0) is 9.59 Å². The fraction of sp³-hybridized carbons (Fsp3) is 0.857. The molecule has 1 rings (SSSR count). The molecule has 0 saturated carbocycles. The molecule has 2 unspecified atom stereocenters. The molecule has 1 aliphatic heterocycles. The quantitative estimate of drug-likeness (QED) is 0.835. The number of amides is 2. The van der Waals surface area contributed by atoms with Crippen molar-refractivity contribution >= 4 is 11.8 Å². The van der Waals surface area contributed by atoms with Gasteiger partial charge in [-0.2, -0.15) is 0 Å². The van der Waals surface area contributed by atoms with Gasteiger partial charge in [-0.1, -0.05) is 34.6 Å². The molecule has 4 heteroatoms. The molecule has 0 aliphatic carbocycles. The van der Waals surface area contributed by atoms with Gasteiger partial charge < -0.3 is 10.2 Å². The Kier molecular flexibility index (Phi) is 4.41. The van der Waals surface area contributed by atoms with E-state index < -0.39 is 6.04 Å². The molecule has 1 heterocycles. The predicted molar refractivity (Wildman–Crippen MR) is 72.0 cm³/mol. The number of piperazine rings is 1. The van der Waals surface area contributed by atoms with Crippen molar-refractivity contribution < 1.29 is 9.59 Å². The van der Waals surface area contributed by atoms with Gasteiger partial charge in [0, 0.05) is 6.04 Å². The molecule has 1 saturated heterocycles. The molecule has 0 bridgehead atoms. The maximum absolute atomic E-state index is 12.5. The molecule has 18 heavy (non-hydrogen) atoms. The maximum Gasteiger partial charge on any atom is 0.246 e. The van der Waals surface area contributed by atoms with Gasteiger partial charge >= 0.3 is 0 Å². The smallest absolute Gasteiger partial charge is 0.246 e. The second-order valence-electron chi connectivity index (χ2n) is 6.81. The zero-order valence-electron chi connectivity index (χ0n) is 12.4. The molecular weight excluding hydrogens is 228 g/mol. The number of nitrogens with zero attached hydrogens (tertiary/aromatic N) is 1. The molecule has 4 nitrogen and oxygen atoms in total. The fourth-order valence-corrected chi connectivity index (χ4v) is 2.44. The highest BCUT2D eigenvalue weighted by Crippen LogP contribution is 2.25. The molecule has 1 fully saturated rings. The molecule has 2 amide bonds. The molecule has 0 aromatic carbocycles. The third-order valence-corrected chi connectivity index (χ3v) is 3.36. The van der Waals surface area contributed by atoms with E-state index in [1.807, 2.05) is 27.7 Å². The van der Waals surface area contributed by atoms with E-state index in [-0.39, 0.29) is 29.8 Å². The van der Waals surface area contributed by atoms with Gasteiger partial charge in [-0.05, 0) is 24.7 Å². The van der Waals surface area contributed by atoms with Crippen LogP contribution in [0.15, 0.2) is 0 Å². The highest BCUT2D eigenvalue weighted by molar-refractivity contribution is 5.95. The van der Waals surface area contributed by atoms with Crippen molar-refractivity contribution in [3.63, 3.8) is 0 Å². The summed E-state index contributed by atoms with van der Waals surface area (Å²) < 4.78 is 0. The van der Waals surface area contributed by atoms with Crippen LogP contribution in [0.4, 0.5) is 0 Å². The summed E-state index contributed by atoms with van der Waals surface area (Å²) in [6.07, 6.45) is 0.926. The first-order chi connectivity index (χ1) is 8.12. The van der Waals surface area contributed by atoms with Crippen LogP contribution in [0, 0.1) is 11.3 Å². The van der Waals surface area contributed by atoms with Crippen LogP contribution >= 0.6 is 0 Å². The van der Waals surface area contributed by atoms with Gasteiger partial charge in [0.2, 0.25) is 11.8 Å². The van der Waals surface area contributed by atoms with Crippen LogP contribution in [0.5, 0.6) is 0 Å². The third kappa shape index (κ3) is 3.47. The Bertz CT molecular complexity index is 331. The lowest BCUT2D eigenvalue weighted by atomic mass is 9.84. The summed E-state index contributed by atoms with van der Waals surface area (Å²) in [6.45, 7) is 12.4. The summed E-state index contributed by atoms with van der Waals surface area (Å²) >= 11 is 0. The zero-order chi connectivity index (χ0) is 14.1. The molecule has 0 spiro atoms. The number of hydrogen-bond donors (Lipinski definition) is 1. The van der Waals surface area contributed by atoms with Crippen molar-refractivity contribution in [3.8, 4) is 0 Å². The first-order valence-corrected chi connectivity index (χ1v) is 6.72. The SMILES string of the molecule is CC(C)CC(C)N1CC(=O)NC(C(C)(C)C)C1=O. The van der Waals surface area contributed by atoms with E-state index in [1.165, 1.54) is 0 Å². The average molecular weight is 254 g/mol. The molecule has 0 aromatic rings. The van der Waals surface area contributed by atoms with Crippen molar-refractivity contribution in [3.05, 3.63) is 0 Å². The summed E-state index contributed by atoms with van der Waals surface area (Å²) in [7, 11) is 0. The van der Waals surface area contributed by atoms with Crippen molar-refractivity contribution in [1.82, 2.24) is 10.2 Å². The molecule has 0 aromatic heterocycles. The average Bonchev–Trinajstić information content (AvgIpc) is 2.18. The van der Waals surface area contributed by atoms with Gasteiger partial charge in [0.15, 0.2) is 0 Å². The van der Waals surface area contributed by atoms with Gasteiger partial charge in [-0.15, -0.1) is 0 Å². The van der Waals surface area contributed by atoms with Gasteiger partial charge in [0.25, 0.3) is 0 Å². The number of rotatable bonds is 3. The number of hydrogen-bond acceptors (Lipinski definition) is 2. The maximum atomic E-state index is 12.5. The fourth-order valence-electron chi connectivity index (χ4n) is 2.44. The molecular formula is C14H26N2O2. The van der Waals surface area contributed by atoms with E-state index in [9.17, 15) is 9.59 Å². The zero-order valence-corrected chi connectivity index (χ0v) is 12.4. The monoisotopic (exact) mass is 254 g/mol. The molecule has 1 N–H and O–H groups in total. The summed E-state index contributed by atoms with van der Waals surface area (Å²) in [5.74, 6) is 0.520. The van der Waals surface area contributed by atoms with E-state index in [4.69, 9.17) is 0 Å². The summed E-state index contributed by atoms with van der Waals surface area (Å²) in [6, 6.07) is -0.290. The minimum absolute atomic E-state index is 0.0508. The van der Waals surface area contributed by atoms with E-state index in [0.29, 0.717) is 5.92 Å². The topological polar surface area (TPSA) is 49.4 Å². The van der Waals surface area contributed by atoms with Crippen LogP contribution < -0.4 is 5.32 Å². The summed E-state index contributed by atoms with van der Waals surface area (Å²) in [5.41, 5.74) is -0.247. The Morgan fingerprint density at radius 3 is 2.28 bits per heavy atom. The van der Waals surface area contributed by atoms with Gasteiger partial charge in [0.05, 0.1) is 6.54 Å². The van der Waals surface area contributed by atoms with Gasteiger partial charge in [0.1, 0.15) is 6.04 Å². The van der Waals surface area contributed by atoms with Crippen molar-refractivity contribution in [1.29, 1.82) is 0 Å². The third-order valence-electron chi connectivity index (χ3n) is 3.36. The second kappa shape index (κ2) is 5.29. The summed E-state index contributed by atoms with van der Waals surface area (Å²) in [5, 5.41) is 2.81. The lowest BCUT2D eigenvalue weighted by molar-refractivity contribution is -0.149. The Morgan fingerprint density at radius 2 is 1.83 bits per heavy atom. The lowest BCUT2D eigenvalue weighted by Crippen LogP contribution is -2.64. The Balaban J connectivity index is 2.86.